The predicted octanol–water partition coefficient (Wildman–Crippen LogP) is 4.95. The van der Waals surface area contributed by atoms with Crippen LogP contribution in [0.1, 0.15) is 42.9 Å². The molecule has 0 saturated carbocycles. The van der Waals surface area contributed by atoms with Crippen LogP contribution in [-0.2, 0) is 13.2 Å². The van der Waals surface area contributed by atoms with Crippen molar-refractivity contribution >= 4 is 28.1 Å². The molecular weight excluding hydrogens is 473 g/mol. The first-order valence-corrected chi connectivity index (χ1v) is 12.6. The minimum Gasteiger partial charge on any atom is -0.485 e. The molecule has 1 saturated heterocycles. The molecule has 0 bridgehead atoms. The number of rotatable bonds is 7. The monoisotopic (exact) mass is 503 g/mol. The van der Waals surface area contributed by atoms with Crippen molar-refractivity contribution in [1.29, 1.82) is 0 Å². The number of amides is 1. The Hall–Kier alpha value is -4.14. The van der Waals surface area contributed by atoms with Gasteiger partial charge in [-0.3, -0.25) is 9.36 Å². The maximum atomic E-state index is 14.5. The zero-order chi connectivity index (χ0) is 25.9. The number of benzene rings is 3. The number of nitrogens with one attached hydrogen (secondary N) is 2. The Bertz CT molecular complexity index is 1490. The number of halogens is 1. The second-order valence-corrected chi connectivity index (χ2v) is 9.46. The van der Waals surface area contributed by atoms with Crippen LogP contribution in [0.2, 0.25) is 0 Å². The first-order valence-electron chi connectivity index (χ1n) is 12.6. The van der Waals surface area contributed by atoms with E-state index in [9.17, 15) is 14.0 Å². The first-order chi connectivity index (χ1) is 17.9. The Morgan fingerprint density at radius 1 is 1.14 bits per heavy atom. The number of fused-ring (bicyclic) bond motifs is 1. The van der Waals surface area contributed by atoms with Crippen molar-refractivity contribution in [2.24, 2.45) is 5.92 Å². The molecule has 4 aromatic rings. The van der Waals surface area contributed by atoms with Crippen molar-refractivity contribution in [3.63, 3.8) is 0 Å². The summed E-state index contributed by atoms with van der Waals surface area (Å²) in [5.74, 6) is 0.939. The molecule has 0 atom stereocenters. The van der Waals surface area contributed by atoms with Gasteiger partial charge in [0, 0.05) is 47.3 Å². The lowest BCUT2D eigenvalue weighted by Crippen LogP contribution is -2.33. The summed E-state index contributed by atoms with van der Waals surface area (Å²) in [5.41, 5.74) is 1.32. The fourth-order valence-electron chi connectivity index (χ4n) is 4.78. The highest BCUT2D eigenvalue weighted by atomic mass is 19.1. The van der Waals surface area contributed by atoms with Gasteiger partial charge in [0.1, 0.15) is 18.2 Å². The van der Waals surface area contributed by atoms with E-state index in [2.05, 4.69) is 27.3 Å². The number of aromatic amines is 1. The number of aromatic nitrogens is 3. The quantitative estimate of drug-likeness (QED) is 0.372. The van der Waals surface area contributed by atoms with Crippen molar-refractivity contribution in [3.05, 3.63) is 82.3 Å². The van der Waals surface area contributed by atoms with Gasteiger partial charge >= 0.3 is 5.69 Å². The lowest BCUT2D eigenvalue weighted by atomic mass is 9.98. The van der Waals surface area contributed by atoms with Gasteiger partial charge in [-0.1, -0.05) is 31.2 Å². The predicted molar refractivity (Wildman–Crippen MR) is 142 cm³/mol. The summed E-state index contributed by atoms with van der Waals surface area (Å²) in [7, 11) is 0. The summed E-state index contributed by atoms with van der Waals surface area (Å²) >= 11 is 0. The molecule has 0 spiro atoms. The van der Waals surface area contributed by atoms with Crippen molar-refractivity contribution in [2.75, 3.05) is 23.3 Å². The fourth-order valence-corrected chi connectivity index (χ4v) is 4.78. The van der Waals surface area contributed by atoms with Gasteiger partial charge in [-0.2, -0.15) is 5.10 Å². The van der Waals surface area contributed by atoms with Crippen molar-refractivity contribution in [2.45, 2.75) is 39.8 Å². The summed E-state index contributed by atoms with van der Waals surface area (Å²) in [6.07, 6.45) is 2.10. The number of ether oxygens (including phenoxy) is 1. The maximum Gasteiger partial charge on any atom is 0.343 e. The minimum absolute atomic E-state index is 0.115. The Labute approximate surface area is 214 Å². The summed E-state index contributed by atoms with van der Waals surface area (Å²) in [6, 6.07) is 15.6. The molecule has 2 heterocycles. The lowest BCUT2D eigenvalue weighted by Gasteiger charge is -2.32. The Balaban J connectivity index is 1.37. The van der Waals surface area contributed by atoms with E-state index in [4.69, 9.17) is 4.74 Å². The van der Waals surface area contributed by atoms with E-state index in [0.717, 1.165) is 42.4 Å². The van der Waals surface area contributed by atoms with Crippen molar-refractivity contribution in [1.82, 2.24) is 14.8 Å². The van der Waals surface area contributed by atoms with Crippen LogP contribution < -0.4 is 20.6 Å². The van der Waals surface area contributed by atoms with Gasteiger partial charge in [0.25, 0.3) is 5.91 Å². The Kier molecular flexibility index (Phi) is 6.94. The molecular formula is C28H30FN5O3. The van der Waals surface area contributed by atoms with Gasteiger partial charge in [0.05, 0.1) is 0 Å². The van der Waals surface area contributed by atoms with Crippen LogP contribution in [0.4, 0.5) is 15.8 Å². The third-order valence-corrected chi connectivity index (χ3v) is 6.94. The molecule has 8 nitrogen and oxygen atoms in total. The van der Waals surface area contributed by atoms with Gasteiger partial charge in [0.15, 0.2) is 5.82 Å². The number of piperidine rings is 1. The molecule has 9 heteroatoms. The van der Waals surface area contributed by atoms with Crippen LogP contribution in [0, 0.1) is 11.7 Å². The SMILES string of the molecule is CCn1c(COc2ccc(NC(=O)c3cc(F)cc(N4CCC(C)CC4)c3)c3ccccc23)n[nH]c1=O. The van der Waals surface area contributed by atoms with E-state index in [1.54, 1.807) is 18.2 Å². The number of hydrogen-bond acceptors (Lipinski definition) is 5. The van der Waals surface area contributed by atoms with E-state index in [1.165, 1.54) is 16.7 Å². The Morgan fingerprint density at radius 3 is 2.65 bits per heavy atom. The molecule has 0 aliphatic carbocycles. The smallest absolute Gasteiger partial charge is 0.343 e. The molecule has 1 aliphatic rings. The highest BCUT2D eigenvalue weighted by molar-refractivity contribution is 6.10. The average Bonchev–Trinajstić information content (AvgIpc) is 3.27. The zero-order valence-corrected chi connectivity index (χ0v) is 21.0. The van der Waals surface area contributed by atoms with Gasteiger partial charge in [0.2, 0.25) is 0 Å². The largest absolute Gasteiger partial charge is 0.485 e. The highest BCUT2D eigenvalue weighted by Gasteiger charge is 2.19. The molecule has 1 aliphatic heterocycles. The third kappa shape index (κ3) is 5.21. The number of nitrogens with zero attached hydrogens (tertiary/aromatic N) is 3. The molecule has 1 amide bonds. The van der Waals surface area contributed by atoms with E-state index in [-0.39, 0.29) is 23.8 Å². The molecule has 37 heavy (non-hydrogen) atoms. The number of hydrogen-bond donors (Lipinski definition) is 2. The molecule has 3 aromatic carbocycles. The average molecular weight is 504 g/mol. The number of carbonyl (C=O) groups excluding carboxylic acids is 1. The van der Waals surface area contributed by atoms with Gasteiger partial charge < -0.3 is 15.0 Å². The summed E-state index contributed by atoms with van der Waals surface area (Å²) in [5, 5.41) is 11.0. The van der Waals surface area contributed by atoms with Gasteiger partial charge in [-0.15, -0.1) is 0 Å². The second-order valence-electron chi connectivity index (χ2n) is 9.46. The molecule has 1 fully saturated rings. The molecule has 192 valence electrons. The standard InChI is InChI=1S/C28H30FN5O3/c1-3-34-26(31-32-28(34)36)17-37-25-9-8-24(22-6-4-5-7-23(22)25)30-27(35)19-14-20(29)16-21(15-19)33-12-10-18(2)11-13-33/h4-9,14-16,18H,3,10-13,17H2,1-2H3,(H,30,35)(H,32,36). The maximum absolute atomic E-state index is 14.5. The lowest BCUT2D eigenvalue weighted by molar-refractivity contribution is 0.102. The van der Waals surface area contributed by atoms with Crippen LogP contribution in [0.25, 0.3) is 10.8 Å². The number of H-pyrrole nitrogens is 1. The Morgan fingerprint density at radius 2 is 1.89 bits per heavy atom. The van der Waals surface area contributed by atoms with Crippen LogP contribution in [0.15, 0.2) is 59.4 Å². The summed E-state index contributed by atoms with van der Waals surface area (Å²) in [6.45, 7) is 6.39. The molecule has 5 rings (SSSR count). The number of carbonyl (C=O) groups is 1. The fraction of sp³-hybridized carbons (Fsp3) is 0.321. The third-order valence-electron chi connectivity index (χ3n) is 6.94. The summed E-state index contributed by atoms with van der Waals surface area (Å²) in [4.78, 5) is 27.2. The topological polar surface area (TPSA) is 92.2 Å². The minimum atomic E-state index is -0.432. The van der Waals surface area contributed by atoms with E-state index < -0.39 is 5.82 Å². The normalized spacial score (nSPS) is 14.2. The highest BCUT2D eigenvalue weighted by Crippen LogP contribution is 2.33. The van der Waals surface area contributed by atoms with E-state index >= 15 is 0 Å². The molecule has 2 N–H and O–H groups in total. The van der Waals surface area contributed by atoms with Crippen LogP contribution in [-0.4, -0.2) is 33.8 Å². The molecule has 1 aromatic heterocycles. The number of anilines is 2. The van der Waals surface area contributed by atoms with Gasteiger partial charge in [-0.25, -0.2) is 14.3 Å². The second kappa shape index (κ2) is 10.5. The van der Waals surface area contributed by atoms with Crippen molar-refractivity contribution < 1.29 is 13.9 Å². The summed E-state index contributed by atoms with van der Waals surface area (Å²) < 4.78 is 22.0. The van der Waals surface area contributed by atoms with Crippen LogP contribution >= 0.6 is 0 Å². The van der Waals surface area contributed by atoms with Crippen LogP contribution in [0.3, 0.4) is 0 Å². The van der Waals surface area contributed by atoms with Gasteiger partial charge in [-0.05, 0) is 56.0 Å². The van der Waals surface area contributed by atoms with E-state index in [0.29, 0.717) is 29.7 Å². The zero-order valence-electron chi connectivity index (χ0n) is 21.0. The molecule has 0 radical (unpaired) electrons. The molecule has 0 unspecified atom stereocenters. The van der Waals surface area contributed by atoms with E-state index in [1.807, 2.05) is 31.2 Å². The van der Waals surface area contributed by atoms with Crippen molar-refractivity contribution in [3.8, 4) is 5.75 Å². The first kappa shape index (κ1) is 24.5. The van der Waals surface area contributed by atoms with Crippen LogP contribution in [0.5, 0.6) is 5.75 Å².